The van der Waals surface area contributed by atoms with Crippen LogP contribution in [0, 0.1) is 12.3 Å². The Morgan fingerprint density at radius 2 is 2.00 bits per heavy atom. The third kappa shape index (κ3) is 2.59. The molecule has 2 rings (SSSR count). The van der Waals surface area contributed by atoms with E-state index in [1.54, 1.807) is 22.7 Å². The molecule has 2 aromatic rings. The lowest BCUT2D eigenvalue weighted by atomic mass is 9.88. The first-order chi connectivity index (χ1) is 7.89. The van der Waals surface area contributed by atoms with Crippen molar-refractivity contribution in [3.63, 3.8) is 0 Å². The Labute approximate surface area is 111 Å². The van der Waals surface area contributed by atoms with Crippen LogP contribution in [-0.2, 0) is 0 Å². The number of hydrogen-bond acceptors (Lipinski definition) is 4. The van der Waals surface area contributed by atoms with E-state index in [1.807, 2.05) is 0 Å². The van der Waals surface area contributed by atoms with Gasteiger partial charge in [0.05, 0.1) is 16.6 Å². The molecule has 0 bridgehead atoms. The summed E-state index contributed by atoms with van der Waals surface area (Å²) >= 11 is 3.40. The molecule has 0 amide bonds. The minimum Gasteiger partial charge on any atom is -0.322 e. The molecule has 0 radical (unpaired) electrons. The minimum absolute atomic E-state index is 0.00141. The molecule has 2 nitrogen and oxygen atoms in total. The van der Waals surface area contributed by atoms with Gasteiger partial charge in [-0.05, 0) is 29.3 Å². The van der Waals surface area contributed by atoms with Crippen LogP contribution in [-0.4, -0.2) is 4.98 Å². The summed E-state index contributed by atoms with van der Waals surface area (Å²) in [6, 6.07) is 2.13. The molecule has 17 heavy (non-hydrogen) atoms. The largest absolute Gasteiger partial charge is 0.322 e. The first-order valence-electron chi connectivity index (χ1n) is 5.65. The van der Waals surface area contributed by atoms with Gasteiger partial charge in [-0.1, -0.05) is 20.8 Å². The summed E-state index contributed by atoms with van der Waals surface area (Å²) in [5.41, 5.74) is 8.64. The van der Waals surface area contributed by atoms with Crippen molar-refractivity contribution in [1.29, 1.82) is 0 Å². The fourth-order valence-electron chi connectivity index (χ4n) is 1.54. The van der Waals surface area contributed by atoms with E-state index < -0.39 is 0 Å². The van der Waals surface area contributed by atoms with Gasteiger partial charge < -0.3 is 5.73 Å². The summed E-state index contributed by atoms with van der Waals surface area (Å²) in [5, 5.41) is 5.24. The second kappa shape index (κ2) is 4.52. The third-order valence-electron chi connectivity index (χ3n) is 2.82. The summed E-state index contributed by atoms with van der Waals surface area (Å²) in [4.78, 5) is 5.94. The monoisotopic (exact) mass is 266 g/mol. The van der Waals surface area contributed by atoms with Crippen molar-refractivity contribution in [3.8, 4) is 10.6 Å². The molecule has 2 aromatic heterocycles. The molecule has 4 heteroatoms. The predicted octanol–water partition coefficient (Wildman–Crippen LogP) is 4.23. The highest BCUT2D eigenvalue weighted by Crippen LogP contribution is 2.36. The topological polar surface area (TPSA) is 38.9 Å². The van der Waals surface area contributed by atoms with Gasteiger partial charge in [0.25, 0.3) is 0 Å². The Morgan fingerprint density at radius 3 is 2.53 bits per heavy atom. The second-order valence-corrected chi connectivity index (χ2v) is 7.15. The molecule has 2 N–H and O–H groups in total. The van der Waals surface area contributed by atoms with Gasteiger partial charge in [0.1, 0.15) is 5.01 Å². The van der Waals surface area contributed by atoms with Gasteiger partial charge in [-0.3, -0.25) is 0 Å². The minimum atomic E-state index is 0.00141. The smallest absolute Gasteiger partial charge is 0.111 e. The highest BCUT2D eigenvalue weighted by Gasteiger charge is 2.25. The van der Waals surface area contributed by atoms with Crippen molar-refractivity contribution in [2.45, 2.75) is 33.7 Å². The number of thiophene rings is 1. The molecule has 2 heterocycles. The summed E-state index contributed by atoms with van der Waals surface area (Å²) < 4.78 is 0. The zero-order chi connectivity index (χ0) is 12.6. The number of nitrogens with two attached hydrogens (primary N) is 1. The molecule has 0 spiro atoms. The maximum atomic E-state index is 6.23. The number of nitrogens with zero attached hydrogens (tertiary/aromatic N) is 1. The van der Waals surface area contributed by atoms with Crippen LogP contribution in [0.1, 0.15) is 37.4 Å². The average molecular weight is 266 g/mol. The predicted molar refractivity (Wildman–Crippen MR) is 76.5 cm³/mol. The van der Waals surface area contributed by atoms with Crippen molar-refractivity contribution in [1.82, 2.24) is 4.98 Å². The van der Waals surface area contributed by atoms with Crippen LogP contribution in [0.15, 0.2) is 16.8 Å². The van der Waals surface area contributed by atoms with Crippen molar-refractivity contribution >= 4 is 22.7 Å². The maximum Gasteiger partial charge on any atom is 0.111 e. The number of aryl methyl sites for hydroxylation is 1. The van der Waals surface area contributed by atoms with Crippen molar-refractivity contribution in [2.75, 3.05) is 0 Å². The first kappa shape index (κ1) is 12.7. The number of thiazole rings is 1. The van der Waals surface area contributed by atoms with Gasteiger partial charge in [0.2, 0.25) is 0 Å². The van der Waals surface area contributed by atoms with Crippen LogP contribution in [0.4, 0.5) is 0 Å². The van der Waals surface area contributed by atoms with Crippen LogP contribution in [0.25, 0.3) is 10.6 Å². The summed E-state index contributed by atoms with van der Waals surface area (Å²) in [7, 11) is 0. The molecule has 1 unspecified atom stereocenters. The highest BCUT2D eigenvalue weighted by atomic mass is 32.1. The fraction of sp³-hybridized carbons (Fsp3) is 0.462. The molecule has 0 aromatic carbocycles. The van der Waals surface area contributed by atoms with E-state index in [0.717, 1.165) is 10.7 Å². The molecule has 92 valence electrons. The van der Waals surface area contributed by atoms with Gasteiger partial charge in [-0.25, -0.2) is 4.98 Å². The van der Waals surface area contributed by atoms with E-state index in [9.17, 15) is 0 Å². The van der Waals surface area contributed by atoms with Crippen LogP contribution in [0.2, 0.25) is 0 Å². The molecular weight excluding hydrogens is 248 g/mol. The van der Waals surface area contributed by atoms with Gasteiger partial charge in [0, 0.05) is 5.38 Å². The Balaban J connectivity index is 2.31. The summed E-state index contributed by atoms with van der Waals surface area (Å²) in [5.74, 6) is 0. The molecule has 0 aliphatic carbocycles. The van der Waals surface area contributed by atoms with Gasteiger partial charge >= 0.3 is 0 Å². The fourth-order valence-corrected chi connectivity index (χ4v) is 3.56. The molecular formula is C13H18N2S2. The third-order valence-corrected chi connectivity index (χ3v) is 4.78. The number of hydrogen-bond donors (Lipinski definition) is 1. The highest BCUT2D eigenvalue weighted by molar-refractivity contribution is 7.14. The van der Waals surface area contributed by atoms with Gasteiger partial charge in [0.15, 0.2) is 0 Å². The maximum absolute atomic E-state index is 6.23. The van der Waals surface area contributed by atoms with Crippen LogP contribution >= 0.6 is 22.7 Å². The Bertz CT molecular complexity index is 505. The van der Waals surface area contributed by atoms with E-state index in [0.29, 0.717) is 0 Å². The first-order valence-corrected chi connectivity index (χ1v) is 7.41. The zero-order valence-electron chi connectivity index (χ0n) is 10.7. The number of aromatic nitrogens is 1. The standard InChI is InChI=1S/C13H18N2S2/c1-8-5-6-16-10(8)9-7-17-12(15-9)11(14)13(2,3)4/h5-7,11H,14H2,1-4H3. The molecule has 0 saturated carbocycles. The average Bonchev–Trinajstić information content (AvgIpc) is 2.83. The Morgan fingerprint density at radius 1 is 1.29 bits per heavy atom. The molecule has 1 atom stereocenters. The molecule has 0 aliphatic rings. The molecule has 0 fully saturated rings. The summed E-state index contributed by atoms with van der Waals surface area (Å²) in [6.07, 6.45) is 0. The lowest BCUT2D eigenvalue weighted by Crippen LogP contribution is -2.26. The van der Waals surface area contributed by atoms with Gasteiger partial charge in [-0.15, -0.1) is 22.7 Å². The van der Waals surface area contributed by atoms with E-state index in [1.165, 1.54) is 10.4 Å². The zero-order valence-corrected chi connectivity index (χ0v) is 12.3. The van der Waals surface area contributed by atoms with E-state index in [2.05, 4.69) is 49.5 Å². The molecule has 0 aliphatic heterocycles. The van der Waals surface area contributed by atoms with Crippen LogP contribution in [0.3, 0.4) is 0 Å². The van der Waals surface area contributed by atoms with E-state index in [-0.39, 0.29) is 11.5 Å². The summed E-state index contributed by atoms with van der Waals surface area (Å²) in [6.45, 7) is 8.56. The normalized spacial score (nSPS) is 13.9. The SMILES string of the molecule is Cc1ccsc1-c1csc(C(N)C(C)(C)C)n1. The van der Waals surface area contributed by atoms with Crippen molar-refractivity contribution < 1.29 is 0 Å². The molecule has 0 saturated heterocycles. The Kier molecular flexibility index (Phi) is 3.39. The van der Waals surface area contributed by atoms with E-state index in [4.69, 9.17) is 5.73 Å². The van der Waals surface area contributed by atoms with E-state index >= 15 is 0 Å². The lowest BCUT2D eigenvalue weighted by molar-refractivity contribution is 0.326. The Hall–Kier alpha value is -0.710. The van der Waals surface area contributed by atoms with Crippen LogP contribution < -0.4 is 5.73 Å². The second-order valence-electron chi connectivity index (χ2n) is 5.35. The number of rotatable bonds is 2. The van der Waals surface area contributed by atoms with Crippen molar-refractivity contribution in [3.05, 3.63) is 27.4 Å². The quantitative estimate of drug-likeness (QED) is 0.883. The van der Waals surface area contributed by atoms with Crippen molar-refractivity contribution in [2.24, 2.45) is 11.1 Å². The van der Waals surface area contributed by atoms with Gasteiger partial charge in [-0.2, -0.15) is 0 Å². The lowest BCUT2D eigenvalue weighted by Gasteiger charge is -2.24. The van der Waals surface area contributed by atoms with Crippen LogP contribution in [0.5, 0.6) is 0 Å².